The number of aliphatic hydroxyl groups is 1. The number of hydrogen-bond acceptors (Lipinski definition) is 2. The minimum absolute atomic E-state index is 0.270. The van der Waals surface area contributed by atoms with E-state index in [1.807, 2.05) is 11.8 Å². The smallest absolute Gasteiger partial charge is 0.0792 e. The van der Waals surface area contributed by atoms with Crippen molar-refractivity contribution < 1.29 is 5.11 Å². The van der Waals surface area contributed by atoms with Gasteiger partial charge in [0.2, 0.25) is 0 Å². The Balaban J connectivity index is 1.91. The Morgan fingerprint density at radius 1 is 1.25 bits per heavy atom. The summed E-state index contributed by atoms with van der Waals surface area (Å²) in [6, 6.07) is 8.26. The highest BCUT2D eigenvalue weighted by Gasteiger charge is 2.18. The summed E-state index contributed by atoms with van der Waals surface area (Å²) in [6.07, 6.45) is 3.21. The first-order valence-electron chi connectivity index (χ1n) is 6.08. The lowest BCUT2D eigenvalue weighted by Gasteiger charge is -2.24. The van der Waals surface area contributed by atoms with Crippen LogP contribution in [0.4, 0.5) is 0 Å². The topological polar surface area (TPSA) is 20.2 Å². The van der Waals surface area contributed by atoms with Crippen LogP contribution in [0.15, 0.2) is 24.3 Å². The summed E-state index contributed by atoms with van der Waals surface area (Å²) in [5.74, 6) is 3.26. The van der Waals surface area contributed by atoms with Gasteiger partial charge in [-0.25, -0.2) is 0 Å². The van der Waals surface area contributed by atoms with E-state index in [0.29, 0.717) is 0 Å². The highest BCUT2D eigenvalue weighted by Crippen LogP contribution is 2.30. The number of benzene rings is 1. The van der Waals surface area contributed by atoms with Crippen LogP contribution in [0.25, 0.3) is 0 Å². The third kappa shape index (κ3) is 3.26. The van der Waals surface area contributed by atoms with Crippen LogP contribution in [0, 0.1) is 12.8 Å². The van der Waals surface area contributed by atoms with Crippen molar-refractivity contribution in [2.24, 2.45) is 5.92 Å². The van der Waals surface area contributed by atoms with Gasteiger partial charge >= 0.3 is 0 Å². The molecule has 0 bridgehead atoms. The van der Waals surface area contributed by atoms with E-state index in [1.54, 1.807) is 0 Å². The van der Waals surface area contributed by atoms with Gasteiger partial charge in [-0.1, -0.05) is 29.8 Å². The molecule has 0 spiro atoms. The molecule has 1 fully saturated rings. The van der Waals surface area contributed by atoms with Crippen molar-refractivity contribution in [1.82, 2.24) is 0 Å². The molecule has 88 valence electrons. The molecular weight excluding hydrogens is 216 g/mol. The molecule has 0 saturated carbocycles. The summed E-state index contributed by atoms with van der Waals surface area (Å²) in [6.45, 7) is 2.08. The number of aryl methyl sites for hydroxylation is 1. The van der Waals surface area contributed by atoms with Crippen molar-refractivity contribution >= 4 is 11.8 Å². The molecule has 1 aromatic carbocycles. The van der Waals surface area contributed by atoms with Crippen molar-refractivity contribution in [3.05, 3.63) is 35.4 Å². The minimum Gasteiger partial charge on any atom is -0.388 e. The van der Waals surface area contributed by atoms with E-state index in [9.17, 15) is 5.11 Å². The normalized spacial score (nSPS) is 19.6. The summed E-state index contributed by atoms with van der Waals surface area (Å²) in [5.41, 5.74) is 2.33. The van der Waals surface area contributed by atoms with E-state index in [4.69, 9.17) is 0 Å². The van der Waals surface area contributed by atoms with Gasteiger partial charge in [0.15, 0.2) is 0 Å². The molecule has 1 saturated heterocycles. The fraction of sp³-hybridized carbons (Fsp3) is 0.571. The van der Waals surface area contributed by atoms with Crippen LogP contribution in [0.1, 0.15) is 36.5 Å². The molecular formula is C14H20OS. The lowest BCUT2D eigenvalue weighted by atomic mass is 9.92. The predicted octanol–water partition coefficient (Wildman–Crippen LogP) is 3.56. The van der Waals surface area contributed by atoms with Gasteiger partial charge < -0.3 is 5.11 Å². The minimum atomic E-state index is -0.270. The largest absolute Gasteiger partial charge is 0.388 e. The summed E-state index contributed by atoms with van der Waals surface area (Å²) in [4.78, 5) is 0. The average molecular weight is 236 g/mol. The monoisotopic (exact) mass is 236 g/mol. The molecule has 0 radical (unpaired) electrons. The van der Waals surface area contributed by atoms with Crippen molar-refractivity contribution in [1.29, 1.82) is 0 Å². The predicted molar refractivity (Wildman–Crippen MR) is 70.8 cm³/mol. The first-order chi connectivity index (χ1) is 7.75. The second-order valence-corrected chi connectivity index (χ2v) is 5.94. The van der Waals surface area contributed by atoms with Crippen LogP contribution in [-0.4, -0.2) is 16.6 Å². The Kier molecular flexibility index (Phi) is 4.30. The highest BCUT2D eigenvalue weighted by molar-refractivity contribution is 7.99. The summed E-state index contributed by atoms with van der Waals surface area (Å²) in [5, 5.41) is 10.2. The zero-order valence-electron chi connectivity index (χ0n) is 9.86. The van der Waals surface area contributed by atoms with Crippen LogP contribution in [-0.2, 0) is 0 Å². The maximum Gasteiger partial charge on any atom is 0.0792 e. The lowest BCUT2D eigenvalue weighted by Crippen LogP contribution is -2.13. The van der Waals surface area contributed by atoms with Crippen LogP contribution >= 0.6 is 11.8 Å². The Hall–Kier alpha value is -0.470. The number of rotatable bonds is 3. The Morgan fingerprint density at radius 2 is 1.88 bits per heavy atom. The fourth-order valence-corrected chi connectivity index (χ4v) is 3.43. The van der Waals surface area contributed by atoms with Crippen LogP contribution in [0.3, 0.4) is 0 Å². The molecule has 0 aliphatic carbocycles. The zero-order chi connectivity index (χ0) is 11.4. The van der Waals surface area contributed by atoms with Gasteiger partial charge in [-0.3, -0.25) is 0 Å². The summed E-state index contributed by atoms with van der Waals surface area (Å²) >= 11 is 2.04. The third-order valence-electron chi connectivity index (χ3n) is 3.36. The quantitative estimate of drug-likeness (QED) is 0.866. The zero-order valence-corrected chi connectivity index (χ0v) is 10.7. The molecule has 2 heteroatoms. The molecule has 1 heterocycles. The molecule has 1 N–H and O–H groups in total. The molecule has 1 unspecified atom stereocenters. The van der Waals surface area contributed by atoms with Gasteiger partial charge in [-0.05, 0) is 49.2 Å². The lowest BCUT2D eigenvalue weighted by molar-refractivity contribution is 0.141. The molecule has 0 aromatic heterocycles. The standard InChI is InChI=1S/C14H20OS/c1-11-2-4-13(5-3-11)14(15)10-12-6-8-16-9-7-12/h2-5,12,14-15H,6-10H2,1H3. The SMILES string of the molecule is Cc1ccc(C(O)CC2CCSCC2)cc1. The van der Waals surface area contributed by atoms with E-state index < -0.39 is 0 Å². The van der Waals surface area contributed by atoms with Crippen molar-refractivity contribution in [2.45, 2.75) is 32.3 Å². The Bertz CT molecular complexity index is 314. The van der Waals surface area contributed by atoms with Gasteiger partial charge in [0.05, 0.1) is 6.10 Å². The van der Waals surface area contributed by atoms with Crippen LogP contribution in [0.2, 0.25) is 0 Å². The maximum absolute atomic E-state index is 10.2. The van der Waals surface area contributed by atoms with Gasteiger partial charge in [-0.15, -0.1) is 0 Å². The fourth-order valence-electron chi connectivity index (χ4n) is 2.22. The average Bonchev–Trinajstić information content (AvgIpc) is 2.31. The molecule has 1 aromatic rings. The molecule has 0 amide bonds. The number of hydrogen-bond donors (Lipinski definition) is 1. The molecule has 16 heavy (non-hydrogen) atoms. The van der Waals surface area contributed by atoms with Crippen LogP contribution in [0.5, 0.6) is 0 Å². The number of aliphatic hydroxyl groups excluding tert-OH is 1. The van der Waals surface area contributed by atoms with E-state index in [0.717, 1.165) is 17.9 Å². The van der Waals surface area contributed by atoms with Crippen molar-refractivity contribution in [3.63, 3.8) is 0 Å². The number of thioether (sulfide) groups is 1. The second kappa shape index (κ2) is 5.74. The van der Waals surface area contributed by atoms with Gasteiger partial charge in [-0.2, -0.15) is 11.8 Å². The Labute approximate surface area is 102 Å². The molecule has 2 rings (SSSR count). The first kappa shape index (κ1) is 12.0. The third-order valence-corrected chi connectivity index (χ3v) is 4.41. The maximum atomic E-state index is 10.2. The molecule has 1 nitrogen and oxygen atoms in total. The van der Waals surface area contributed by atoms with Crippen LogP contribution < -0.4 is 0 Å². The first-order valence-corrected chi connectivity index (χ1v) is 7.23. The van der Waals surface area contributed by atoms with Gasteiger partial charge in [0, 0.05) is 0 Å². The van der Waals surface area contributed by atoms with E-state index >= 15 is 0 Å². The van der Waals surface area contributed by atoms with Gasteiger partial charge in [0.1, 0.15) is 0 Å². The highest BCUT2D eigenvalue weighted by atomic mass is 32.2. The Morgan fingerprint density at radius 3 is 2.50 bits per heavy atom. The second-order valence-electron chi connectivity index (χ2n) is 4.72. The summed E-state index contributed by atoms with van der Waals surface area (Å²) < 4.78 is 0. The molecule has 1 aliphatic rings. The van der Waals surface area contributed by atoms with E-state index in [2.05, 4.69) is 31.2 Å². The summed E-state index contributed by atoms with van der Waals surface area (Å²) in [7, 11) is 0. The van der Waals surface area contributed by atoms with E-state index in [1.165, 1.54) is 29.9 Å². The molecule has 1 atom stereocenters. The van der Waals surface area contributed by atoms with Crippen molar-refractivity contribution in [3.8, 4) is 0 Å². The van der Waals surface area contributed by atoms with Crippen molar-refractivity contribution in [2.75, 3.05) is 11.5 Å². The van der Waals surface area contributed by atoms with E-state index in [-0.39, 0.29) is 6.10 Å². The van der Waals surface area contributed by atoms with Gasteiger partial charge in [0.25, 0.3) is 0 Å². The molecule has 1 aliphatic heterocycles.